The Morgan fingerprint density at radius 3 is 1.36 bits per heavy atom. The van der Waals surface area contributed by atoms with E-state index in [1.807, 2.05) is 6.92 Å². The molecule has 0 aliphatic heterocycles. The first kappa shape index (κ1) is 16.5. The third-order valence-corrected chi connectivity index (χ3v) is 4.21. The number of phenols is 5. The highest BCUT2D eigenvalue weighted by atomic mass is 16.3. The van der Waals surface area contributed by atoms with Crippen molar-refractivity contribution >= 4 is 0 Å². The lowest BCUT2D eigenvalue weighted by molar-refractivity contribution is 0.440. The molecule has 0 radical (unpaired) electrons. The molecule has 0 unspecified atom stereocenters. The summed E-state index contributed by atoms with van der Waals surface area (Å²) in [5, 5.41) is 49.5. The maximum absolute atomic E-state index is 10.3. The Morgan fingerprint density at radius 1 is 0.560 bits per heavy atom. The molecule has 0 amide bonds. The molecule has 0 aromatic heterocycles. The molecule has 0 fully saturated rings. The zero-order valence-electron chi connectivity index (χ0n) is 13.5. The summed E-state index contributed by atoms with van der Waals surface area (Å²) < 4.78 is 0. The molecule has 0 atom stereocenters. The summed E-state index contributed by atoms with van der Waals surface area (Å²) in [6.45, 7) is 1.82. The molecule has 0 bridgehead atoms. The second-order valence-electron chi connectivity index (χ2n) is 5.96. The lowest BCUT2D eigenvalue weighted by atomic mass is 9.82. The Hall–Kier alpha value is -3.34. The molecule has 5 nitrogen and oxygen atoms in total. The highest BCUT2D eigenvalue weighted by Crippen LogP contribution is 2.43. The fourth-order valence-corrected chi connectivity index (χ4v) is 3.04. The van der Waals surface area contributed by atoms with Crippen LogP contribution in [0.15, 0.2) is 54.6 Å². The lowest BCUT2D eigenvalue weighted by Gasteiger charge is -2.23. The van der Waals surface area contributed by atoms with E-state index in [9.17, 15) is 25.5 Å². The van der Waals surface area contributed by atoms with Gasteiger partial charge in [0.2, 0.25) is 0 Å². The van der Waals surface area contributed by atoms with E-state index >= 15 is 0 Å². The van der Waals surface area contributed by atoms with Crippen molar-refractivity contribution in [2.45, 2.75) is 12.8 Å². The minimum Gasteiger partial charge on any atom is -0.508 e. The summed E-state index contributed by atoms with van der Waals surface area (Å²) in [6, 6.07) is 13.4. The van der Waals surface area contributed by atoms with Gasteiger partial charge in [0.25, 0.3) is 0 Å². The highest BCUT2D eigenvalue weighted by Gasteiger charge is 2.24. The van der Waals surface area contributed by atoms with Crippen molar-refractivity contribution < 1.29 is 25.5 Å². The number of rotatable bonds is 3. The first-order valence-electron chi connectivity index (χ1n) is 7.70. The predicted octanol–water partition coefficient (Wildman–Crippen LogP) is 3.70. The van der Waals surface area contributed by atoms with E-state index in [2.05, 4.69) is 0 Å². The van der Waals surface area contributed by atoms with Gasteiger partial charge in [-0.25, -0.2) is 0 Å². The van der Waals surface area contributed by atoms with E-state index in [0.717, 1.165) is 11.1 Å². The van der Waals surface area contributed by atoms with Crippen LogP contribution in [0, 0.1) is 6.92 Å². The van der Waals surface area contributed by atoms with Gasteiger partial charge in [0.1, 0.15) is 28.7 Å². The van der Waals surface area contributed by atoms with Gasteiger partial charge < -0.3 is 25.5 Å². The fraction of sp³-hybridized carbons (Fsp3) is 0.100. The van der Waals surface area contributed by atoms with Crippen LogP contribution < -0.4 is 0 Å². The van der Waals surface area contributed by atoms with Crippen molar-refractivity contribution in [3.8, 4) is 28.7 Å². The topological polar surface area (TPSA) is 101 Å². The third-order valence-electron chi connectivity index (χ3n) is 4.21. The average molecular weight is 338 g/mol. The number of aromatic hydroxyl groups is 5. The summed E-state index contributed by atoms with van der Waals surface area (Å²) in [5.41, 5.74) is 2.49. The first-order chi connectivity index (χ1) is 11.9. The van der Waals surface area contributed by atoms with Crippen molar-refractivity contribution in [1.29, 1.82) is 0 Å². The Bertz CT molecular complexity index is 811. The van der Waals surface area contributed by atoms with Crippen molar-refractivity contribution in [2.75, 3.05) is 0 Å². The van der Waals surface area contributed by atoms with Crippen LogP contribution in [0.2, 0.25) is 0 Å². The molecular weight excluding hydrogens is 320 g/mol. The van der Waals surface area contributed by atoms with Crippen molar-refractivity contribution in [3.05, 3.63) is 76.9 Å². The number of hydrogen-bond donors (Lipinski definition) is 5. The predicted molar refractivity (Wildman–Crippen MR) is 93.3 cm³/mol. The van der Waals surface area contributed by atoms with Crippen molar-refractivity contribution in [3.63, 3.8) is 0 Å². The molecule has 3 rings (SSSR count). The van der Waals surface area contributed by atoms with E-state index in [-0.39, 0.29) is 28.7 Å². The minimum atomic E-state index is -0.554. The van der Waals surface area contributed by atoms with E-state index in [1.165, 1.54) is 30.3 Å². The SMILES string of the molecule is Cc1cc(O)ccc1C(c1ccc(O)cc1O)c1ccc(O)cc1O. The third kappa shape index (κ3) is 3.17. The van der Waals surface area contributed by atoms with E-state index in [1.54, 1.807) is 24.3 Å². The molecule has 0 spiro atoms. The van der Waals surface area contributed by atoms with Crippen LogP contribution >= 0.6 is 0 Å². The Kier molecular flexibility index (Phi) is 4.15. The van der Waals surface area contributed by atoms with Crippen LogP contribution in [0.1, 0.15) is 28.2 Å². The average Bonchev–Trinajstić information content (AvgIpc) is 2.52. The summed E-state index contributed by atoms with van der Waals surface area (Å²) >= 11 is 0. The van der Waals surface area contributed by atoms with Gasteiger partial charge in [-0.3, -0.25) is 0 Å². The largest absolute Gasteiger partial charge is 0.508 e. The number of benzene rings is 3. The molecule has 25 heavy (non-hydrogen) atoms. The van der Waals surface area contributed by atoms with Crippen LogP contribution in [0.4, 0.5) is 0 Å². The monoisotopic (exact) mass is 338 g/mol. The Labute approximate surface area is 144 Å². The highest BCUT2D eigenvalue weighted by molar-refractivity contribution is 5.57. The van der Waals surface area contributed by atoms with Gasteiger partial charge in [-0.1, -0.05) is 18.2 Å². The molecule has 0 saturated carbocycles. The zero-order valence-corrected chi connectivity index (χ0v) is 13.5. The van der Waals surface area contributed by atoms with E-state index in [0.29, 0.717) is 11.1 Å². The summed E-state index contributed by atoms with van der Waals surface area (Å²) in [6.07, 6.45) is 0. The van der Waals surface area contributed by atoms with Gasteiger partial charge in [-0.2, -0.15) is 0 Å². The van der Waals surface area contributed by atoms with Gasteiger partial charge in [-0.05, 0) is 42.3 Å². The smallest absolute Gasteiger partial charge is 0.123 e. The molecule has 3 aromatic carbocycles. The minimum absolute atomic E-state index is 0.0719. The second kappa shape index (κ2) is 6.28. The van der Waals surface area contributed by atoms with Crippen LogP contribution in [-0.2, 0) is 0 Å². The molecule has 3 aromatic rings. The Morgan fingerprint density at radius 2 is 0.960 bits per heavy atom. The van der Waals surface area contributed by atoms with Crippen LogP contribution in [0.5, 0.6) is 28.7 Å². The summed E-state index contributed by atoms with van der Waals surface area (Å²) in [5.74, 6) is -0.823. The zero-order chi connectivity index (χ0) is 18.1. The second-order valence-corrected chi connectivity index (χ2v) is 5.96. The summed E-state index contributed by atoms with van der Waals surface area (Å²) in [7, 11) is 0. The first-order valence-corrected chi connectivity index (χ1v) is 7.70. The Balaban J connectivity index is 2.27. The molecule has 0 aliphatic carbocycles. The van der Waals surface area contributed by atoms with Crippen LogP contribution in [-0.4, -0.2) is 25.5 Å². The van der Waals surface area contributed by atoms with E-state index in [4.69, 9.17) is 0 Å². The maximum atomic E-state index is 10.3. The summed E-state index contributed by atoms with van der Waals surface area (Å²) in [4.78, 5) is 0. The van der Waals surface area contributed by atoms with Crippen molar-refractivity contribution in [2.24, 2.45) is 0 Å². The molecule has 5 N–H and O–H groups in total. The molecule has 0 aliphatic rings. The number of aryl methyl sites for hydroxylation is 1. The van der Waals surface area contributed by atoms with Gasteiger partial charge in [0.05, 0.1) is 0 Å². The van der Waals surface area contributed by atoms with Crippen LogP contribution in [0.25, 0.3) is 0 Å². The van der Waals surface area contributed by atoms with Gasteiger partial charge in [-0.15, -0.1) is 0 Å². The van der Waals surface area contributed by atoms with Crippen molar-refractivity contribution in [1.82, 2.24) is 0 Å². The van der Waals surface area contributed by atoms with E-state index < -0.39 is 5.92 Å². The molecule has 0 heterocycles. The fourth-order valence-electron chi connectivity index (χ4n) is 3.04. The maximum Gasteiger partial charge on any atom is 0.123 e. The molecule has 0 saturated heterocycles. The molecule has 5 heteroatoms. The quantitative estimate of drug-likeness (QED) is 0.469. The lowest BCUT2D eigenvalue weighted by Crippen LogP contribution is -2.06. The van der Waals surface area contributed by atoms with Gasteiger partial charge in [0.15, 0.2) is 0 Å². The van der Waals surface area contributed by atoms with Gasteiger partial charge >= 0.3 is 0 Å². The number of phenolic OH excluding ortho intramolecular Hbond substituents is 5. The van der Waals surface area contributed by atoms with Crippen LogP contribution in [0.3, 0.4) is 0 Å². The number of hydrogen-bond acceptors (Lipinski definition) is 5. The normalized spacial score (nSPS) is 11.0. The molecular formula is C20H18O5. The standard InChI is InChI=1S/C20H18O5/c1-11-8-12(21)2-5-15(11)20(16-6-3-13(22)9-18(16)24)17-7-4-14(23)10-19(17)25/h2-10,20-25H,1H3. The molecule has 128 valence electrons. The van der Waals surface area contributed by atoms with Gasteiger partial charge in [0, 0.05) is 29.2 Å².